The molecule has 18 heavy (non-hydrogen) atoms. The molecule has 0 saturated heterocycles. The number of hydrogen-bond acceptors (Lipinski definition) is 3. The summed E-state index contributed by atoms with van der Waals surface area (Å²) in [6.07, 6.45) is 1.40. The van der Waals surface area contributed by atoms with E-state index in [1.54, 1.807) is 12.1 Å². The zero-order chi connectivity index (χ0) is 13.8. The summed E-state index contributed by atoms with van der Waals surface area (Å²) in [5, 5.41) is 0. The second-order valence-corrected chi connectivity index (χ2v) is 4.87. The van der Waals surface area contributed by atoms with E-state index in [0.29, 0.717) is 12.0 Å². The number of hydrogen-bond donors (Lipinski definition) is 0. The molecule has 1 aromatic carbocycles. The lowest BCUT2D eigenvalue weighted by molar-refractivity contribution is -0.146. The second kappa shape index (κ2) is 5.80. The van der Waals surface area contributed by atoms with Crippen LogP contribution in [-0.4, -0.2) is 18.9 Å². The number of ether oxygens (including phenoxy) is 1. The first-order valence-corrected chi connectivity index (χ1v) is 6.15. The van der Waals surface area contributed by atoms with Crippen molar-refractivity contribution in [3.8, 4) is 0 Å². The molecule has 3 nitrogen and oxygen atoms in total. The van der Waals surface area contributed by atoms with Crippen LogP contribution in [0.5, 0.6) is 0 Å². The van der Waals surface area contributed by atoms with Crippen molar-refractivity contribution in [3.05, 3.63) is 35.4 Å². The van der Waals surface area contributed by atoms with Gasteiger partial charge in [-0.05, 0) is 25.8 Å². The van der Waals surface area contributed by atoms with Crippen molar-refractivity contribution in [2.75, 3.05) is 7.11 Å². The van der Waals surface area contributed by atoms with Gasteiger partial charge in [-0.3, -0.25) is 9.59 Å². The van der Waals surface area contributed by atoms with Gasteiger partial charge in [0.05, 0.1) is 12.5 Å². The van der Waals surface area contributed by atoms with Gasteiger partial charge in [-0.1, -0.05) is 31.2 Å². The van der Waals surface area contributed by atoms with E-state index >= 15 is 0 Å². The highest BCUT2D eigenvalue weighted by atomic mass is 16.5. The molecule has 0 fully saturated rings. The Morgan fingerprint density at radius 2 is 1.72 bits per heavy atom. The van der Waals surface area contributed by atoms with E-state index < -0.39 is 5.41 Å². The maximum absolute atomic E-state index is 11.7. The highest BCUT2D eigenvalue weighted by molar-refractivity contribution is 5.96. The van der Waals surface area contributed by atoms with E-state index in [4.69, 9.17) is 4.74 Å². The lowest BCUT2D eigenvalue weighted by atomic mass is 9.84. The average molecular weight is 248 g/mol. The van der Waals surface area contributed by atoms with Crippen LogP contribution in [0.25, 0.3) is 0 Å². The molecule has 0 unspecified atom stereocenters. The van der Waals surface area contributed by atoms with Gasteiger partial charge in [0.15, 0.2) is 5.78 Å². The molecule has 0 N–H and O–H groups in total. The van der Waals surface area contributed by atoms with Crippen LogP contribution in [0.1, 0.15) is 49.5 Å². The molecule has 0 aliphatic carbocycles. The van der Waals surface area contributed by atoms with Gasteiger partial charge in [-0.15, -0.1) is 0 Å². The van der Waals surface area contributed by atoms with Crippen LogP contribution in [0.2, 0.25) is 0 Å². The number of Topliss-reactive ketones (excluding diaryl/α,β-unsaturated/α-hetero) is 1. The van der Waals surface area contributed by atoms with Crippen molar-refractivity contribution in [1.82, 2.24) is 0 Å². The Morgan fingerprint density at radius 1 is 1.17 bits per heavy atom. The van der Waals surface area contributed by atoms with E-state index in [2.05, 4.69) is 0 Å². The Balaban J connectivity index is 2.95. The van der Waals surface area contributed by atoms with Crippen molar-refractivity contribution in [1.29, 1.82) is 0 Å². The number of benzene rings is 1. The third kappa shape index (κ3) is 2.97. The number of methoxy groups -OCH3 is 1. The molecular weight excluding hydrogens is 228 g/mol. The van der Waals surface area contributed by atoms with Crippen molar-refractivity contribution >= 4 is 11.8 Å². The summed E-state index contributed by atoms with van der Waals surface area (Å²) in [6, 6.07) is 7.19. The Morgan fingerprint density at radius 3 is 2.17 bits per heavy atom. The molecule has 0 bridgehead atoms. The number of ketones is 1. The van der Waals surface area contributed by atoms with Crippen molar-refractivity contribution in [2.45, 2.75) is 39.0 Å². The van der Waals surface area contributed by atoms with Crippen LogP contribution in [0.3, 0.4) is 0 Å². The molecule has 0 atom stereocenters. The fourth-order valence-corrected chi connectivity index (χ4v) is 1.82. The van der Waals surface area contributed by atoms with Gasteiger partial charge in [0.25, 0.3) is 0 Å². The zero-order valence-corrected chi connectivity index (χ0v) is 11.4. The number of esters is 1. The number of carbonyl (C=O) groups is 2. The molecular formula is C15H20O3. The van der Waals surface area contributed by atoms with Gasteiger partial charge < -0.3 is 4.74 Å². The van der Waals surface area contributed by atoms with E-state index in [1.807, 2.05) is 32.9 Å². The summed E-state index contributed by atoms with van der Waals surface area (Å²) in [7, 11) is 1.38. The minimum atomic E-state index is -0.693. The minimum Gasteiger partial charge on any atom is -0.468 e. The molecule has 0 aromatic heterocycles. The van der Waals surface area contributed by atoms with Crippen LogP contribution in [-0.2, 0) is 14.9 Å². The Kier molecular flexibility index (Phi) is 4.65. The molecule has 0 spiro atoms. The van der Waals surface area contributed by atoms with E-state index in [9.17, 15) is 9.59 Å². The third-order valence-electron chi connectivity index (χ3n) is 3.10. The lowest BCUT2D eigenvalue weighted by Crippen LogP contribution is -2.30. The smallest absolute Gasteiger partial charge is 0.315 e. The molecule has 0 heterocycles. The highest BCUT2D eigenvalue weighted by Crippen LogP contribution is 2.25. The lowest BCUT2D eigenvalue weighted by Gasteiger charge is -2.22. The monoisotopic (exact) mass is 248 g/mol. The normalized spacial score (nSPS) is 11.1. The first-order valence-electron chi connectivity index (χ1n) is 6.15. The SMILES string of the molecule is CCCC(=O)c1ccc(C(C)(C)C(=O)OC)cc1. The standard InChI is InChI=1S/C15H20O3/c1-5-6-13(16)11-7-9-12(10-8-11)15(2,3)14(17)18-4/h7-10H,5-6H2,1-4H3. The van der Waals surface area contributed by atoms with Crippen LogP contribution in [0.15, 0.2) is 24.3 Å². The molecule has 0 radical (unpaired) electrons. The van der Waals surface area contributed by atoms with Crippen LogP contribution in [0.4, 0.5) is 0 Å². The molecule has 3 heteroatoms. The summed E-state index contributed by atoms with van der Waals surface area (Å²) in [4.78, 5) is 23.4. The van der Waals surface area contributed by atoms with Crippen LogP contribution in [0, 0.1) is 0 Å². The molecule has 0 amide bonds. The van der Waals surface area contributed by atoms with Crippen molar-refractivity contribution in [2.24, 2.45) is 0 Å². The predicted molar refractivity (Wildman–Crippen MR) is 70.7 cm³/mol. The highest BCUT2D eigenvalue weighted by Gasteiger charge is 2.30. The van der Waals surface area contributed by atoms with E-state index in [0.717, 1.165) is 12.0 Å². The number of rotatable bonds is 5. The molecule has 98 valence electrons. The third-order valence-corrected chi connectivity index (χ3v) is 3.10. The topological polar surface area (TPSA) is 43.4 Å². The van der Waals surface area contributed by atoms with Gasteiger partial charge in [-0.25, -0.2) is 0 Å². The van der Waals surface area contributed by atoms with Crippen molar-refractivity contribution in [3.63, 3.8) is 0 Å². The van der Waals surface area contributed by atoms with Gasteiger partial charge in [-0.2, -0.15) is 0 Å². The summed E-state index contributed by atoms with van der Waals surface area (Å²) in [6.45, 7) is 5.59. The van der Waals surface area contributed by atoms with Gasteiger partial charge >= 0.3 is 5.97 Å². The summed E-state index contributed by atoms with van der Waals surface area (Å²) in [5.41, 5.74) is 0.852. The summed E-state index contributed by atoms with van der Waals surface area (Å²) in [5.74, 6) is -0.143. The predicted octanol–water partition coefficient (Wildman–Crippen LogP) is 3.12. The quantitative estimate of drug-likeness (QED) is 0.594. The van der Waals surface area contributed by atoms with Crippen LogP contribution < -0.4 is 0 Å². The van der Waals surface area contributed by atoms with Gasteiger partial charge in [0.2, 0.25) is 0 Å². The fraction of sp³-hybridized carbons (Fsp3) is 0.467. The van der Waals surface area contributed by atoms with Gasteiger partial charge in [0.1, 0.15) is 0 Å². The maximum Gasteiger partial charge on any atom is 0.315 e. The Labute approximate surface area is 108 Å². The molecule has 1 rings (SSSR count). The summed E-state index contributed by atoms with van der Waals surface area (Å²) >= 11 is 0. The van der Waals surface area contributed by atoms with E-state index in [1.165, 1.54) is 7.11 Å². The van der Waals surface area contributed by atoms with Crippen LogP contribution >= 0.6 is 0 Å². The molecule has 0 aliphatic heterocycles. The number of carbonyl (C=O) groups excluding carboxylic acids is 2. The fourth-order valence-electron chi connectivity index (χ4n) is 1.82. The van der Waals surface area contributed by atoms with Crippen molar-refractivity contribution < 1.29 is 14.3 Å². The molecule has 0 aliphatic rings. The first kappa shape index (κ1) is 14.4. The molecule has 1 aromatic rings. The zero-order valence-electron chi connectivity index (χ0n) is 11.4. The largest absolute Gasteiger partial charge is 0.468 e. The minimum absolute atomic E-state index is 0.139. The summed E-state index contributed by atoms with van der Waals surface area (Å²) < 4.78 is 4.78. The average Bonchev–Trinajstić information content (AvgIpc) is 2.38. The van der Waals surface area contributed by atoms with E-state index in [-0.39, 0.29) is 11.8 Å². The second-order valence-electron chi connectivity index (χ2n) is 4.87. The Hall–Kier alpha value is -1.64. The van der Waals surface area contributed by atoms with Gasteiger partial charge in [0, 0.05) is 12.0 Å². The Bertz CT molecular complexity index is 430. The molecule has 0 saturated carbocycles. The first-order chi connectivity index (χ1) is 8.43. The maximum atomic E-state index is 11.7.